The molecular formula is C12H10ClFN4O. The van der Waals surface area contributed by atoms with E-state index < -0.39 is 11.7 Å². The number of nitrogens with two attached hydrogens (primary N) is 1. The summed E-state index contributed by atoms with van der Waals surface area (Å²) in [6, 6.07) is 4.24. The number of nitrogens with one attached hydrogen (secondary N) is 1. The third-order valence-corrected chi connectivity index (χ3v) is 2.79. The molecule has 0 saturated heterocycles. The maximum atomic E-state index is 13.7. The van der Waals surface area contributed by atoms with Crippen LogP contribution in [-0.2, 0) is 0 Å². The fourth-order valence-corrected chi connectivity index (χ4v) is 1.78. The van der Waals surface area contributed by atoms with Crippen LogP contribution in [-0.4, -0.2) is 22.9 Å². The Labute approximate surface area is 113 Å². The highest BCUT2D eigenvalue weighted by Crippen LogP contribution is 2.28. The molecule has 0 spiro atoms. The normalized spacial score (nSPS) is 10.3. The number of hydrogen-bond acceptors (Lipinski definition) is 4. The first-order valence-electron chi connectivity index (χ1n) is 5.33. The smallest absolute Gasteiger partial charge is 0.256 e. The van der Waals surface area contributed by atoms with Crippen molar-refractivity contribution in [2.45, 2.75) is 0 Å². The van der Waals surface area contributed by atoms with Crippen LogP contribution in [0.25, 0.3) is 11.4 Å². The third kappa shape index (κ3) is 2.48. The van der Waals surface area contributed by atoms with Crippen LogP contribution in [0.15, 0.2) is 24.4 Å². The van der Waals surface area contributed by atoms with E-state index in [-0.39, 0.29) is 27.8 Å². The van der Waals surface area contributed by atoms with Gasteiger partial charge < -0.3 is 11.1 Å². The van der Waals surface area contributed by atoms with Gasteiger partial charge in [0, 0.05) is 13.2 Å². The molecule has 0 aliphatic heterocycles. The fourth-order valence-electron chi connectivity index (χ4n) is 1.54. The van der Waals surface area contributed by atoms with Gasteiger partial charge in [-0.25, -0.2) is 14.4 Å². The van der Waals surface area contributed by atoms with Gasteiger partial charge >= 0.3 is 0 Å². The van der Waals surface area contributed by atoms with Crippen molar-refractivity contribution in [2.75, 3.05) is 12.8 Å². The lowest BCUT2D eigenvalue weighted by atomic mass is 10.2. The predicted octanol–water partition coefficient (Wildman–Crippen LogP) is 1.88. The highest BCUT2D eigenvalue weighted by Gasteiger charge is 2.16. The second-order valence-corrected chi connectivity index (χ2v) is 4.08. The Bertz CT molecular complexity index is 627. The number of halogens is 2. The average molecular weight is 281 g/mol. The zero-order chi connectivity index (χ0) is 14.0. The number of rotatable bonds is 2. The van der Waals surface area contributed by atoms with Crippen LogP contribution in [0.2, 0.25) is 5.02 Å². The van der Waals surface area contributed by atoms with Crippen molar-refractivity contribution in [1.29, 1.82) is 0 Å². The highest BCUT2D eigenvalue weighted by atomic mass is 35.5. The number of nitrogens with zero attached hydrogens (tertiary/aromatic N) is 2. The number of hydrogen-bond donors (Lipinski definition) is 2. The standard InChI is InChI=1S/C12H10ClFN4O/c1-16-12(19)6-5-17-11(18-10(6)15)9-7(13)3-2-4-8(9)14/h2-5H,1H3,(H,16,19)(H2,15,17,18). The Morgan fingerprint density at radius 2 is 2.21 bits per heavy atom. The second kappa shape index (κ2) is 5.19. The number of carbonyl (C=O) groups excluding carboxylic acids is 1. The van der Waals surface area contributed by atoms with Gasteiger partial charge in [-0.05, 0) is 12.1 Å². The quantitative estimate of drug-likeness (QED) is 0.880. The first kappa shape index (κ1) is 13.2. The molecule has 0 atom stereocenters. The molecule has 1 aromatic carbocycles. The first-order chi connectivity index (χ1) is 9.04. The van der Waals surface area contributed by atoms with E-state index in [0.29, 0.717) is 0 Å². The average Bonchev–Trinajstić information content (AvgIpc) is 2.38. The number of carbonyl (C=O) groups is 1. The van der Waals surface area contributed by atoms with E-state index in [1.807, 2.05) is 0 Å². The Morgan fingerprint density at radius 3 is 2.79 bits per heavy atom. The molecule has 7 heteroatoms. The van der Waals surface area contributed by atoms with Gasteiger partial charge in [0.05, 0.1) is 16.1 Å². The number of nitrogen functional groups attached to an aromatic ring is 1. The van der Waals surface area contributed by atoms with Crippen molar-refractivity contribution in [1.82, 2.24) is 15.3 Å². The molecule has 5 nitrogen and oxygen atoms in total. The molecule has 2 rings (SSSR count). The summed E-state index contributed by atoms with van der Waals surface area (Å²) >= 11 is 5.91. The molecule has 0 fully saturated rings. The van der Waals surface area contributed by atoms with Gasteiger partial charge in [0.25, 0.3) is 5.91 Å². The molecule has 3 N–H and O–H groups in total. The Balaban J connectivity index is 2.54. The van der Waals surface area contributed by atoms with Crippen molar-refractivity contribution in [3.05, 3.63) is 40.8 Å². The fraction of sp³-hybridized carbons (Fsp3) is 0.0833. The summed E-state index contributed by atoms with van der Waals surface area (Å²) in [7, 11) is 1.46. The minimum atomic E-state index is -0.556. The van der Waals surface area contributed by atoms with E-state index in [2.05, 4.69) is 15.3 Å². The van der Waals surface area contributed by atoms with Crippen LogP contribution in [0, 0.1) is 5.82 Å². The van der Waals surface area contributed by atoms with Crippen molar-refractivity contribution < 1.29 is 9.18 Å². The van der Waals surface area contributed by atoms with E-state index in [1.54, 1.807) is 0 Å². The minimum Gasteiger partial charge on any atom is -0.383 e. The van der Waals surface area contributed by atoms with Crippen LogP contribution in [0.1, 0.15) is 10.4 Å². The molecular weight excluding hydrogens is 271 g/mol. The number of benzene rings is 1. The number of anilines is 1. The molecule has 2 aromatic rings. The Kier molecular flexibility index (Phi) is 3.62. The molecule has 1 heterocycles. The van der Waals surface area contributed by atoms with Gasteiger partial charge in [-0.2, -0.15) is 0 Å². The van der Waals surface area contributed by atoms with Gasteiger partial charge in [0.15, 0.2) is 5.82 Å². The Morgan fingerprint density at radius 1 is 1.47 bits per heavy atom. The van der Waals surface area contributed by atoms with E-state index in [1.165, 1.54) is 31.4 Å². The van der Waals surface area contributed by atoms with Crippen molar-refractivity contribution >= 4 is 23.3 Å². The molecule has 1 aromatic heterocycles. The van der Waals surface area contributed by atoms with Gasteiger partial charge in [0.2, 0.25) is 0 Å². The lowest BCUT2D eigenvalue weighted by molar-refractivity contribution is 0.0963. The zero-order valence-corrected chi connectivity index (χ0v) is 10.7. The van der Waals surface area contributed by atoms with Crippen LogP contribution in [0.4, 0.5) is 10.2 Å². The van der Waals surface area contributed by atoms with Crippen LogP contribution in [0.5, 0.6) is 0 Å². The maximum Gasteiger partial charge on any atom is 0.256 e. The summed E-state index contributed by atoms with van der Waals surface area (Å²) in [4.78, 5) is 19.3. The molecule has 0 radical (unpaired) electrons. The van der Waals surface area contributed by atoms with Crippen molar-refractivity contribution in [2.24, 2.45) is 0 Å². The predicted molar refractivity (Wildman–Crippen MR) is 70.2 cm³/mol. The van der Waals surface area contributed by atoms with Crippen molar-refractivity contribution in [3.63, 3.8) is 0 Å². The summed E-state index contributed by atoms with van der Waals surface area (Å²) in [5, 5.41) is 2.58. The number of amides is 1. The SMILES string of the molecule is CNC(=O)c1cnc(-c2c(F)cccc2Cl)nc1N. The second-order valence-electron chi connectivity index (χ2n) is 3.67. The zero-order valence-electron chi connectivity index (χ0n) is 9.95. The highest BCUT2D eigenvalue weighted by molar-refractivity contribution is 6.33. The monoisotopic (exact) mass is 280 g/mol. The molecule has 1 amide bonds. The summed E-state index contributed by atoms with van der Waals surface area (Å²) in [5.74, 6) is -0.972. The van der Waals surface area contributed by atoms with Gasteiger partial charge in [-0.15, -0.1) is 0 Å². The molecule has 0 bridgehead atoms. The molecule has 0 unspecified atom stereocenters. The minimum absolute atomic E-state index is 0.0354. The lowest BCUT2D eigenvalue weighted by Gasteiger charge is -2.07. The van der Waals surface area contributed by atoms with Gasteiger partial charge in [-0.3, -0.25) is 4.79 Å². The molecule has 98 valence electrons. The molecule has 0 aliphatic rings. The molecule has 0 saturated carbocycles. The van der Waals surface area contributed by atoms with E-state index in [0.717, 1.165) is 0 Å². The summed E-state index contributed by atoms with van der Waals surface area (Å²) in [6.45, 7) is 0. The molecule has 0 aliphatic carbocycles. The van der Waals surface area contributed by atoms with Crippen molar-refractivity contribution in [3.8, 4) is 11.4 Å². The Hall–Kier alpha value is -2.21. The van der Waals surface area contributed by atoms with Gasteiger partial charge in [-0.1, -0.05) is 17.7 Å². The maximum absolute atomic E-state index is 13.7. The van der Waals surface area contributed by atoms with Crippen LogP contribution in [0.3, 0.4) is 0 Å². The van der Waals surface area contributed by atoms with E-state index in [4.69, 9.17) is 17.3 Å². The van der Waals surface area contributed by atoms with E-state index >= 15 is 0 Å². The largest absolute Gasteiger partial charge is 0.383 e. The third-order valence-electron chi connectivity index (χ3n) is 2.48. The van der Waals surface area contributed by atoms with Crippen LogP contribution < -0.4 is 11.1 Å². The van der Waals surface area contributed by atoms with E-state index in [9.17, 15) is 9.18 Å². The number of aromatic nitrogens is 2. The summed E-state index contributed by atoms with van der Waals surface area (Å²) in [5.41, 5.74) is 5.84. The summed E-state index contributed by atoms with van der Waals surface area (Å²) in [6.07, 6.45) is 1.24. The first-order valence-corrected chi connectivity index (χ1v) is 5.71. The summed E-state index contributed by atoms with van der Waals surface area (Å²) < 4.78 is 13.7. The lowest BCUT2D eigenvalue weighted by Crippen LogP contribution is -2.20. The van der Waals surface area contributed by atoms with Crippen LogP contribution >= 0.6 is 11.6 Å². The topological polar surface area (TPSA) is 80.9 Å². The molecule has 19 heavy (non-hydrogen) atoms. The van der Waals surface area contributed by atoms with Gasteiger partial charge in [0.1, 0.15) is 11.6 Å².